The fraction of sp³-hybridized carbons (Fsp3) is 0.529. The molecule has 1 atom stereocenters. The maximum Gasteiger partial charge on any atom is 0.417 e. The number of carbonyl (C=O) groups is 2. The third kappa shape index (κ3) is 4.83. The number of ether oxygens (including phenoxy) is 2. The van der Waals surface area contributed by atoms with E-state index in [1.807, 2.05) is 19.1 Å². The average molecular weight is 466 g/mol. The van der Waals surface area contributed by atoms with Gasteiger partial charge in [-0.05, 0) is 73.5 Å². The van der Waals surface area contributed by atoms with Crippen molar-refractivity contribution in [1.82, 2.24) is 4.90 Å². The molecule has 24 heavy (non-hydrogen) atoms. The molecule has 0 N–H and O–H groups in total. The first kappa shape index (κ1) is 19.5. The van der Waals surface area contributed by atoms with Gasteiger partial charge in [-0.1, -0.05) is 11.6 Å². The quantitative estimate of drug-likeness (QED) is 0.621. The number of hydrogen-bond acceptors (Lipinski definition) is 4. The van der Waals surface area contributed by atoms with E-state index in [4.69, 9.17) is 21.1 Å². The SMILES string of the molecule is Cc1cc(Cl)cc(I)c1CC1OCCN(C(=O)OC(C)(C)C)C1=O. The van der Waals surface area contributed by atoms with Crippen LogP contribution in [0.3, 0.4) is 0 Å². The maximum absolute atomic E-state index is 12.6. The van der Waals surface area contributed by atoms with Crippen molar-refractivity contribution in [3.63, 3.8) is 0 Å². The zero-order valence-corrected chi connectivity index (χ0v) is 17.1. The molecule has 0 aromatic heterocycles. The Labute approximate surface area is 160 Å². The molecule has 0 radical (unpaired) electrons. The molecule has 0 saturated carbocycles. The van der Waals surface area contributed by atoms with Crippen LogP contribution in [-0.2, 0) is 20.7 Å². The van der Waals surface area contributed by atoms with Gasteiger partial charge in [0.15, 0.2) is 0 Å². The Balaban J connectivity index is 2.15. The molecule has 2 amide bonds. The second-order valence-corrected chi connectivity index (χ2v) is 8.32. The fourth-order valence-electron chi connectivity index (χ4n) is 2.46. The zero-order chi connectivity index (χ0) is 18.1. The number of hydrogen-bond donors (Lipinski definition) is 0. The van der Waals surface area contributed by atoms with Gasteiger partial charge in [-0.3, -0.25) is 4.79 Å². The highest BCUT2D eigenvalue weighted by molar-refractivity contribution is 14.1. The van der Waals surface area contributed by atoms with Crippen molar-refractivity contribution in [1.29, 1.82) is 0 Å². The summed E-state index contributed by atoms with van der Waals surface area (Å²) >= 11 is 8.24. The van der Waals surface area contributed by atoms with Crippen LogP contribution in [0.25, 0.3) is 0 Å². The zero-order valence-electron chi connectivity index (χ0n) is 14.2. The second-order valence-electron chi connectivity index (χ2n) is 6.72. The molecule has 7 heteroatoms. The van der Waals surface area contributed by atoms with E-state index in [9.17, 15) is 9.59 Å². The summed E-state index contributed by atoms with van der Waals surface area (Å²) in [6, 6.07) is 3.71. The topological polar surface area (TPSA) is 55.8 Å². The van der Waals surface area contributed by atoms with Gasteiger partial charge in [0.25, 0.3) is 5.91 Å². The number of halogens is 2. The summed E-state index contributed by atoms with van der Waals surface area (Å²) in [7, 11) is 0. The molecule has 5 nitrogen and oxygen atoms in total. The highest BCUT2D eigenvalue weighted by Gasteiger charge is 2.36. The molecule has 2 rings (SSSR count). The van der Waals surface area contributed by atoms with Crippen LogP contribution in [0.4, 0.5) is 4.79 Å². The molecule has 1 aliphatic heterocycles. The highest BCUT2D eigenvalue weighted by atomic mass is 127. The molecule has 1 aliphatic rings. The predicted octanol–water partition coefficient (Wildman–Crippen LogP) is 3.96. The van der Waals surface area contributed by atoms with Crippen molar-refractivity contribution >= 4 is 46.2 Å². The van der Waals surface area contributed by atoms with Crippen LogP contribution >= 0.6 is 34.2 Å². The van der Waals surface area contributed by atoms with E-state index in [0.717, 1.165) is 19.6 Å². The van der Waals surface area contributed by atoms with Crippen molar-refractivity contribution in [2.45, 2.75) is 45.8 Å². The van der Waals surface area contributed by atoms with Gasteiger partial charge >= 0.3 is 6.09 Å². The molecular weight excluding hydrogens is 445 g/mol. The van der Waals surface area contributed by atoms with Gasteiger partial charge in [-0.15, -0.1) is 0 Å². The van der Waals surface area contributed by atoms with Crippen molar-refractivity contribution in [2.24, 2.45) is 0 Å². The van der Waals surface area contributed by atoms with Crippen LogP contribution in [-0.4, -0.2) is 41.8 Å². The lowest BCUT2D eigenvalue weighted by Gasteiger charge is -2.32. The molecule has 1 heterocycles. The molecule has 0 spiro atoms. The fourth-order valence-corrected chi connectivity index (χ4v) is 3.90. The highest BCUT2D eigenvalue weighted by Crippen LogP contribution is 2.25. The minimum absolute atomic E-state index is 0.209. The number of nitrogens with zero attached hydrogens (tertiary/aromatic N) is 1. The van der Waals surface area contributed by atoms with E-state index >= 15 is 0 Å². The van der Waals surface area contributed by atoms with E-state index in [-0.39, 0.29) is 12.5 Å². The molecular formula is C17H21ClINO4. The summed E-state index contributed by atoms with van der Waals surface area (Å²) < 4.78 is 11.9. The lowest BCUT2D eigenvalue weighted by molar-refractivity contribution is -0.151. The number of morpholine rings is 1. The third-order valence-electron chi connectivity index (χ3n) is 3.56. The van der Waals surface area contributed by atoms with Crippen molar-refractivity contribution in [2.75, 3.05) is 13.2 Å². The van der Waals surface area contributed by atoms with E-state index in [1.54, 1.807) is 20.8 Å². The standard InChI is InChI=1S/C17H21ClINO4/c1-10-7-11(18)8-13(19)12(10)9-14-15(21)20(5-6-23-14)16(22)24-17(2,3)4/h7-8,14H,5-6,9H2,1-4H3. The third-order valence-corrected chi connectivity index (χ3v) is 4.74. The van der Waals surface area contributed by atoms with Crippen molar-refractivity contribution in [3.8, 4) is 0 Å². The molecule has 132 valence electrons. The van der Waals surface area contributed by atoms with Gasteiger partial charge in [0, 0.05) is 15.0 Å². The first-order chi connectivity index (χ1) is 11.1. The summed E-state index contributed by atoms with van der Waals surface area (Å²) in [5, 5.41) is 0.659. The first-order valence-electron chi connectivity index (χ1n) is 7.69. The number of imide groups is 1. The lowest BCUT2D eigenvalue weighted by atomic mass is 10.0. The molecule has 0 aliphatic carbocycles. The first-order valence-corrected chi connectivity index (χ1v) is 9.14. The Bertz CT molecular complexity index is 633. The summed E-state index contributed by atoms with van der Waals surface area (Å²) in [4.78, 5) is 26.0. The number of rotatable bonds is 2. The number of amides is 2. The van der Waals surface area contributed by atoms with E-state index in [0.29, 0.717) is 18.1 Å². The van der Waals surface area contributed by atoms with Gasteiger partial charge < -0.3 is 9.47 Å². The molecule has 0 bridgehead atoms. The molecule has 1 fully saturated rings. The van der Waals surface area contributed by atoms with Crippen molar-refractivity contribution < 1.29 is 19.1 Å². The summed E-state index contributed by atoms with van der Waals surface area (Å²) in [6.45, 7) is 7.77. The van der Waals surface area contributed by atoms with E-state index in [2.05, 4.69) is 22.6 Å². The van der Waals surface area contributed by atoms with E-state index < -0.39 is 17.8 Å². The van der Waals surface area contributed by atoms with Crippen LogP contribution < -0.4 is 0 Å². The predicted molar refractivity (Wildman–Crippen MR) is 100 cm³/mol. The Morgan fingerprint density at radius 1 is 1.46 bits per heavy atom. The second kappa shape index (κ2) is 7.58. The van der Waals surface area contributed by atoms with Gasteiger partial charge in [0.1, 0.15) is 11.7 Å². The summed E-state index contributed by atoms with van der Waals surface area (Å²) in [5.41, 5.74) is 1.36. The molecule has 1 saturated heterocycles. The smallest absolute Gasteiger partial charge is 0.417 e. The van der Waals surface area contributed by atoms with Gasteiger partial charge in [0.05, 0.1) is 13.2 Å². The van der Waals surface area contributed by atoms with Crippen LogP contribution in [0.1, 0.15) is 31.9 Å². The Morgan fingerprint density at radius 2 is 2.12 bits per heavy atom. The van der Waals surface area contributed by atoms with Gasteiger partial charge in [-0.25, -0.2) is 9.69 Å². The number of aryl methyl sites for hydroxylation is 1. The van der Waals surface area contributed by atoms with Gasteiger partial charge in [0.2, 0.25) is 0 Å². The normalized spacial score (nSPS) is 18.7. The minimum Gasteiger partial charge on any atom is -0.443 e. The Hall–Kier alpha value is -0.860. The molecule has 1 aromatic rings. The average Bonchev–Trinajstić information content (AvgIpc) is 2.42. The Morgan fingerprint density at radius 3 is 2.71 bits per heavy atom. The number of benzene rings is 1. The van der Waals surface area contributed by atoms with Crippen LogP contribution in [0.5, 0.6) is 0 Å². The van der Waals surface area contributed by atoms with Crippen LogP contribution in [0.15, 0.2) is 12.1 Å². The number of carbonyl (C=O) groups excluding carboxylic acids is 2. The monoisotopic (exact) mass is 465 g/mol. The maximum atomic E-state index is 12.6. The van der Waals surface area contributed by atoms with Crippen molar-refractivity contribution in [3.05, 3.63) is 31.9 Å². The van der Waals surface area contributed by atoms with Gasteiger partial charge in [-0.2, -0.15) is 0 Å². The minimum atomic E-state index is -0.695. The Kier molecular flexibility index (Phi) is 6.14. The summed E-state index contributed by atoms with van der Waals surface area (Å²) in [5.74, 6) is -0.361. The molecule has 1 aromatic carbocycles. The van der Waals surface area contributed by atoms with Crippen LogP contribution in [0, 0.1) is 10.5 Å². The van der Waals surface area contributed by atoms with Crippen LogP contribution in [0.2, 0.25) is 5.02 Å². The largest absolute Gasteiger partial charge is 0.443 e. The summed E-state index contributed by atoms with van der Waals surface area (Å²) in [6.07, 6.45) is -0.914. The lowest BCUT2D eigenvalue weighted by Crippen LogP contribution is -2.52. The molecule has 1 unspecified atom stereocenters. The van der Waals surface area contributed by atoms with E-state index in [1.165, 1.54) is 0 Å².